The Morgan fingerprint density at radius 1 is 1.27 bits per heavy atom. The number of carbonyl (C=O) groups excluding carboxylic acids is 1. The number of nitrogens with zero attached hydrogens (tertiary/aromatic N) is 3. The van der Waals surface area contributed by atoms with Crippen LogP contribution in [0.1, 0.15) is 42.4 Å². The number of hydrogen-bond donors (Lipinski definition) is 1. The van der Waals surface area contributed by atoms with E-state index in [4.69, 9.17) is 9.72 Å². The van der Waals surface area contributed by atoms with Crippen LogP contribution in [0, 0.1) is 0 Å². The molecule has 0 unspecified atom stereocenters. The Bertz CT molecular complexity index is 954. The monoisotopic (exact) mass is 352 g/mol. The van der Waals surface area contributed by atoms with Crippen LogP contribution in [0.2, 0.25) is 0 Å². The Kier molecular flexibility index (Phi) is 4.68. The van der Waals surface area contributed by atoms with Crippen molar-refractivity contribution in [3.8, 4) is 5.75 Å². The Labute approximate surface area is 153 Å². The summed E-state index contributed by atoms with van der Waals surface area (Å²) in [5.41, 5.74) is 2.98. The van der Waals surface area contributed by atoms with Crippen molar-refractivity contribution in [2.24, 2.45) is 7.05 Å². The summed E-state index contributed by atoms with van der Waals surface area (Å²) < 4.78 is 6.93. The normalized spacial score (nSPS) is 11.6. The molecule has 1 N–H and O–H groups in total. The number of methoxy groups -OCH3 is 1. The predicted molar refractivity (Wildman–Crippen MR) is 101 cm³/mol. The SMILES string of the molecule is COc1cccc(CNC(=O)c2cc(C(C)(C)C)nc3c2cnn3C)c1. The van der Waals surface area contributed by atoms with Crippen molar-refractivity contribution < 1.29 is 9.53 Å². The summed E-state index contributed by atoms with van der Waals surface area (Å²) in [6.45, 7) is 6.66. The van der Waals surface area contributed by atoms with Crippen molar-refractivity contribution >= 4 is 16.9 Å². The van der Waals surface area contributed by atoms with Gasteiger partial charge in [0.25, 0.3) is 5.91 Å². The lowest BCUT2D eigenvalue weighted by Crippen LogP contribution is -2.24. The molecule has 0 saturated carbocycles. The van der Waals surface area contributed by atoms with Crippen LogP contribution in [0.25, 0.3) is 11.0 Å². The third-order valence-corrected chi connectivity index (χ3v) is 4.31. The molecular formula is C20H24N4O2. The molecular weight excluding hydrogens is 328 g/mol. The molecule has 0 fully saturated rings. The minimum Gasteiger partial charge on any atom is -0.497 e. The quantitative estimate of drug-likeness (QED) is 0.783. The molecule has 3 aromatic rings. The molecule has 0 aliphatic rings. The molecule has 6 heteroatoms. The van der Waals surface area contributed by atoms with E-state index in [1.807, 2.05) is 37.4 Å². The molecule has 1 aromatic carbocycles. The number of amides is 1. The minimum atomic E-state index is -0.166. The number of aromatic nitrogens is 3. The number of nitrogens with one attached hydrogen (secondary N) is 1. The average Bonchev–Trinajstić information content (AvgIpc) is 2.99. The van der Waals surface area contributed by atoms with Gasteiger partial charge in [-0.2, -0.15) is 5.10 Å². The average molecular weight is 352 g/mol. The first-order valence-corrected chi connectivity index (χ1v) is 8.54. The number of ether oxygens (including phenoxy) is 1. The van der Waals surface area contributed by atoms with Crippen LogP contribution in [0.15, 0.2) is 36.5 Å². The van der Waals surface area contributed by atoms with Gasteiger partial charge >= 0.3 is 0 Å². The van der Waals surface area contributed by atoms with Gasteiger partial charge in [0, 0.05) is 24.7 Å². The first-order chi connectivity index (χ1) is 12.3. The van der Waals surface area contributed by atoms with Gasteiger partial charge in [-0.15, -0.1) is 0 Å². The highest BCUT2D eigenvalue weighted by Crippen LogP contribution is 2.26. The summed E-state index contributed by atoms with van der Waals surface area (Å²) in [7, 11) is 3.46. The smallest absolute Gasteiger partial charge is 0.252 e. The van der Waals surface area contributed by atoms with E-state index < -0.39 is 0 Å². The molecule has 0 bridgehead atoms. The van der Waals surface area contributed by atoms with Gasteiger partial charge in [0.15, 0.2) is 5.65 Å². The van der Waals surface area contributed by atoms with Gasteiger partial charge in [0.1, 0.15) is 5.75 Å². The Morgan fingerprint density at radius 3 is 2.73 bits per heavy atom. The summed E-state index contributed by atoms with van der Waals surface area (Å²) in [5, 5.41) is 8.00. The first kappa shape index (κ1) is 17.9. The maximum atomic E-state index is 12.9. The lowest BCUT2D eigenvalue weighted by atomic mass is 9.90. The van der Waals surface area contributed by atoms with Crippen molar-refractivity contribution in [2.45, 2.75) is 32.7 Å². The highest BCUT2D eigenvalue weighted by Gasteiger charge is 2.22. The molecule has 0 saturated heterocycles. The zero-order valence-electron chi connectivity index (χ0n) is 15.8. The van der Waals surface area contributed by atoms with Crippen molar-refractivity contribution in [1.82, 2.24) is 20.1 Å². The maximum Gasteiger partial charge on any atom is 0.252 e. The van der Waals surface area contributed by atoms with E-state index in [9.17, 15) is 4.79 Å². The molecule has 136 valence electrons. The minimum absolute atomic E-state index is 0.140. The topological polar surface area (TPSA) is 69.0 Å². The Morgan fingerprint density at radius 2 is 2.04 bits per heavy atom. The van der Waals surface area contributed by atoms with Gasteiger partial charge in [0.05, 0.1) is 24.3 Å². The Hall–Kier alpha value is -2.89. The summed E-state index contributed by atoms with van der Waals surface area (Å²) in [6.07, 6.45) is 1.69. The van der Waals surface area contributed by atoms with E-state index in [0.29, 0.717) is 17.8 Å². The number of benzene rings is 1. The zero-order chi connectivity index (χ0) is 18.9. The second-order valence-corrected chi connectivity index (χ2v) is 7.34. The highest BCUT2D eigenvalue weighted by atomic mass is 16.5. The highest BCUT2D eigenvalue weighted by molar-refractivity contribution is 6.05. The predicted octanol–water partition coefficient (Wildman–Crippen LogP) is 3.20. The van der Waals surface area contributed by atoms with Crippen molar-refractivity contribution in [3.63, 3.8) is 0 Å². The van der Waals surface area contributed by atoms with Crippen LogP contribution >= 0.6 is 0 Å². The molecule has 6 nitrogen and oxygen atoms in total. The molecule has 3 rings (SSSR count). The lowest BCUT2D eigenvalue weighted by Gasteiger charge is -2.19. The van der Waals surface area contributed by atoms with Crippen LogP contribution in [0.4, 0.5) is 0 Å². The van der Waals surface area contributed by atoms with Crippen LogP contribution in [0.5, 0.6) is 5.75 Å². The number of fused-ring (bicyclic) bond motifs is 1. The van der Waals surface area contributed by atoms with E-state index in [-0.39, 0.29) is 11.3 Å². The van der Waals surface area contributed by atoms with Gasteiger partial charge in [-0.1, -0.05) is 32.9 Å². The number of hydrogen-bond acceptors (Lipinski definition) is 4. The maximum absolute atomic E-state index is 12.9. The standard InChI is InChI=1S/C20H24N4O2/c1-20(2,3)17-10-15(16-12-22-24(4)18(16)23-17)19(25)21-11-13-7-6-8-14(9-13)26-5/h6-10,12H,11H2,1-5H3,(H,21,25). The fourth-order valence-corrected chi connectivity index (χ4v) is 2.75. The molecule has 1 amide bonds. The molecule has 26 heavy (non-hydrogen) atoms. The molecule has 0 aliphatic carbocycles. The van der Waals surface area contributed by atoms with E-state index in [2.05, 4.69) is 31.2 Å². The number of pyridine rings is 1. The van der Waals surface area contributed by atoms with E-state index in [1.165, 1.54) is 0 Å². The van der Waals surface area contributed by atoms with E-state index in [1.54, 1.807) is 18.0 Å². The molecule has 0 spiro atoms. The van der Waals surface area contributed by atoms with Crippen LogP contribution < -0.4 is 10.1 Å². The van der Waals surface area contributed by atoms with Gasteiger partial charge in [-0.25, -0.2) is 4.98 Å². The zero-order valence-corrected chi connectivity index (χ0v) is 15.8. The van der Waals surface area contributed by atoms with Crippen LogP contribution in [-0.2, 0) is 19.0 Å². The third-order valence-electron chi connectivity index (χ3n) is 4.31. The van der Waals surface area contributed by atoms with Crippen LogP contribution in [0.3, 0.4) is 0 Å². The van der Waals surface area contributed by atoms with Gasteiger partial charge in [-0.3, -0.25) is 9.48 Å². The second-order valence-electron chi connectivity index (χ2n) is 7.34. The van der Waals surface area contributed by atoms with Crippen molar-refractivity contribution in [2.75, 3.05) is 7.11 Å². The second kappa shape index (κ2) is 6.78. The molecule has 2 aromatic heterocycles. The molecule has 2 heterocycles. The van der Waals surface area contributed by atoms with Crippen molar-refractivity contribution in [1.29, 1.82) is 0 Å². The van der Waals surface area contributed by atoms with Gasteiger partial charge in [-0.05, 0) is 23.8 Å². The third kappa shape index (κ3) is 3.54. The van der Waals surface area contributed by atoms with Gasteiger partial charge in [0.2, 0.25) is 0 Å². The number of aryl methyl sites for hydroxylation is 1. The fourth-order valence-electron chi connectivity index (χ4n) is 2.75. The van der Waals surface area contributed by atoms with E-state index in [0.717, 1.165) is 22.4 Å². The number of rotatable bonds is 4. The van der Waals surface area contributed by atoms with Crippen LogP contribution in [-0.4, -0.2) is 27.8 Å². The molecule has 0 atom stereocenters. The fraction of sp³-hybridized carbons (Fsp3) is 0.350. The lowest BCUT2D eigenvalue weighted by molar-refractivity contribution is 0.0952. The molecule has 0 radical (unpaired) electrons. The Balaban J connectivity index is 1.92. The van der Waals surface area contributed by atoms with E-state index >= 15 is 0 Å². The van der Waals surface area contributed by atoms with Gasteiger partial charge < -0.3 is 10.1 Å². The van der Waals surface area contributed by atoms with Crippen molar-refractivity contribution in [3.05, 3.63) is 53.3 Å². The first-order valence-electron chi connectivity index (χ1n) is 8.54. The summed E-state index contributed by atoms with van der Waals surface area (Å²) in [4.78, 5) is 17.6. The molecule has 0 aliphatic heterocycles. The summed E-state index contributed by atoms with van der Waals surface area (Å²) >= 11 is 0. The summed E-state index contributed by atoms with van der Waals surface area (Å²) in [6, 6.07) is 9.51. The summed E-state index contributed by atoms with van der Waals surface area (Å²) in [5.74, 6) is 0.629. The largest absolute Gasteiger partial charge is 0.497 e. The number of carbonyl (C=O) groups is 1.